The van der Waals surface area contributed by atoms with Crippen molar-refractivity contribution in [1.82, 2.24) is 0 Å². The zero-order valence-corrected chi connectivity index (χ0v) is 17.4. The standard InChI is InChI=1S/C22H35BrO2/c1-2-3-4-5-6-7-8-9-10-11-12-16-19-21(23)22(24)25-20-17-14-13-15-18-20/h13-15,17-18,21H,2-12,16,19H2,1H3. The van der Waals surface area contributed by atoms with E-state index in [9.17, 15) is 4.79 Å². The van der Waals surface area contributed by atoms with Crippen molar-refractivity contribution >= 4 is 21.9 Å². The molecular formula is C22H35BrO2. The Kier molecular flexibility index (Phi) is 13.7. The number of esters is 1. The molecule has 2 nitrogen and oxygen atoms in total. The predicted molar refractivity (Wildman–Crippen MR) is 110 cm³/mol. The summed E-state index contributed by atoms with van der Waals surface area (Å²) in [5, 5.41) is 0. The van der Waals surface area contributed by atoms with Crippen LogP contribution in [-0.4, -0.2) is 10.8 Å². The first-order valence-corrected chi connectivity index (χ1v) is 11.1. The monoisotopic (exact) mass is 410 g/mol. The highest BCUT2D eigenvalue weighted by atomic mass is 79.9. The quantitative estimate of drug-likeness (QED) is 0.130. The van der Waals surface area contributed by atoms with E-state index in [2.05, 4.69) is 22.9 Å². The van der Waals surface area contributed by atoms with E-state index < -0.39 is 0 Å². The molecular weight excluding hydrogens is 376 g/mol. The van der Waals surface area contributed by atoms with E-state index >= 15 is 0 Å². The van der Waals surface area contributed by atoms with Crippen LogP contribution in [0.1, 0.15) is 90.4 Å². The van der Waals surface area contributed by atoms with Gasteiger partial charge in [0, 0.05) is 0 Å². The van der Waals surface area contributed by atoms with E-state index in [1.165, 1.54) is 70.6 Å². The summed E-state index contributed by atoms with van der Waals surface area (Å²) in [6.45, 7) is 2.27. The molecule has 0 amide bonds. The maximum Gasteiger partial charge on any atom is 0.325 e. The van der Waals surface area contributed by atoms with Crippen molar-refractivity contribution in [1.29, 1.82) is 0 Å². The fourth-order valence-corrected chi connectivity index (χ4v) is 3.37. The minimum atomic E-state index is -0.198. The van der Waals surface area contributed by atoms with Gasteiger partial charge in [0.2, 0.25) is 0 Å². The van der Waals surface area contributed by atoms with E-state index in [1.54, 1.807) is 12.1 Å². The minimum Gasteiger partial charge on any atom is -0.426 e. The highest BCUT2D eigenvalue weighted by molar-refractivity contribution is 9.10. The van der Waals surface area contributed by atoms with Crippen molar-refractivity contribution in [2.45, 2.75) is 95.2 Å². The fourth-order valence-electron chi connectivity index (χ4n) is 2.95. The molecule has 0 aromatic heterocycles. The first-order valence-electron chi connectivity index (χ1n) is 10.1. The number of unbranched alkanes of at least 4 members (excludes halogenated alkanes) is 11. The summed E-state index contributed by atoms with van der Waals surface area (Å²) in [4.78, 5) is 11.8. The van der Waals surface area contributed by atoms with Crippen molar-refractivity contribution < 1.29 is 9.53 Å². The van der Waals surface area contributed by atoms with Gasteiger partial charge in [0.1, 0.15) is 10.6 Å². The van der Waals surface area contributed by atoms with Crippen LogP contribution in [0.5, 0.6) is 5.75 Å². The number of ether oxygens (including phenoxy) is 1. The molecule has 0 aliphatic heterocycles. The molecule has 0 aliphatic carbocycles. The van der Waals surface area contributed by atoms with Crippen molar-refractivity contribution in [2.24, 2.45) is 0 Å². The van der Waals surface area contributed by atoms with E-state index in [0.29, 0.717) is 5.75 Å². The van der Waals surface area contributed by atoms with Gasteiger partial charge in [-0.2, -0.15) is 0 Å². The first kappa shape index (κ1) is 22.2. The number of benzene rings is 1. The van der Waals surface area contributed by atoms with Gasteiger partial charge in [0.05, 0.1) is 0 Å². The maximum atomic E-state index is 12.0. The van der Waals surface area contributed by atoms with Crippen LogP contribution < -0.4 is 4.74 Å². The normalized spacial score (nSPS) is 12.1. The van der Waals surface area contributed by atoms with Gasteiger partial charge in [-0.1, -0.05) is 118 Å². The molecule has 0 radical (unpaired) electrons. The van der Waals surface area contributed by atoms with Crippen LogP contribution in [0.25, 0.3) is 0 Å². The number of hydrogen-bond donors (Lipinski definition) is 0. The predicted octanol–water partition coefficient (Wildman–Crippen LogP) is 7.45. The molecule has 0 spiro atoms. The van der Waals surface area contributed by atoms with Gasteiger partial charge in [-0.25, -0.2) is 0 Å². The second kappa shape index (κ2) is 15.4. The van der Waals surface area contributed by atoms with Crippen molar-refractivity contribution in [2.75, 3.05) is 0 Å². The molecule has 1 aromatic rings. The van der Waals surface area contributed by atoms with Crippen LogP contribution in [0.15, 0.2) is 30.3 Å². The third-order valence-electron chi connectivity index (χ3n) is 4.53. The fraction of sp³-hybridized carbons (Fsp3) is 0.682. The number of para-hydroxylation sites is 1. The third kappa shape index (κ3) is 12.2. The van der Waals surface area contributed by atoms with Gasteiger partial charge in [0.25, 0.3) is 0 Å². The van der Waals surface area contributed by atoms with E-state index in [4.69, 9.17) is 4.74 Å². The molecule has 25 heavy (non-hydrogen) atoms. The molecule has 142 valence electrons. The minimum absolute atomic E-state index is 0.186. The average Bonchev–Trinajstić information content (AvgIpc) is 2.63. The Bertz CT molecular complexity index is 433. The topological polar surface area (TPSA) is 26.3 Å². The van der Waals surface area contributed by atoms with Gasteiger partial charge in [-0.15, -0.1) is 0 Å². The van der Waals surface area contributed by atoms with Crippen LogP contribution in [-0.2, 0) is 4.79 Å². The number of halogens is 1. The summed E-state index contributed by atoms with van der Waals surface area (Å²) in [5.41, 5.74) is 0. The molecule has 0 bridgehead atoms. The van der Waals surface area contributed by atoms with Crippen LogP contribution in [0, 0.1) is 0 Å². The lowest BCUT2D eigenvalue weighted by molar-refractivity contribution is -0.133. The molecule has 0 fully saturated rings. The third-order valence-corrected chi connectivity index (χ3v) is 5.36. The lowest BCUT2D eigenvalue weighted by Crippen LogP contribution is -2.20. The van der Waals surface area contributed by atoms with Crippen molar-refractivity contribution in [3.8, 4) is 5.75 Å². The van der Waals surface area contributed by atoms with Gasteiger partial charge in [-0.3, -0.25) is 4.79 Å². The summed E-state index contributed by atoms with van der Waals surface area (Å²) in [6, 6.07) is 9.27. The van der Waals surface area contributed by atoms with E-state index in [-0.39, 0.29) is 10.8 Å². The van der Waals surface area contributed by atoms with Gasteiger partial charge >= 0.3 is 5.97 Å². The second-order valence-corrected chi connectivity index (χ2v) is 7.98. The Morgan fingerprint density at radius 1 is 0.840 bits per heavy atom. The zero-order chi connectivity index (χ0) is 18.2. The molecule has 0 saturated heterocycles. The molecule has 1 rings (SSSR count). The second-order valence-electron chi connectivity index (χ2n) is 6.88. The van der Waals surface area contributed by atoms with Crippen molar-refractivity contribution in [3.63, 3.8) is 0 Å². The smallest absolute Gasteiger partial charge is 0.325 e. The Hall–Kier alpha value is -0.830. The van der Waals surface area contributed by atoms with Gasteiger partial charge < -0.3 is 4.74 Å². The number of rotatable bonds is 15. The Morgan fingerprint density at radius 3 is 1.84 bits per heavy atom. The van der Waals surface area contributed by atoms with Crippen LogP contribution in [0.2, 0.25) is 0 Å². The maximum absolute atomic E-state index is 12.0. The van der Waals surface area contributed by atoms with Gasteiger partial charge in [0.15, 0.2) is 0 Å². The highest BCUT2D eigenvalue weighted by Gasteiger charge is 2.16. The molecule has 0 saturated carbocycles. The number of carbonyl (C=O) groups is 1. The number of carbonyl (C=O) groups excluding carboxylic acids is 1. The molecule has 1 unspecified atom stereocenters. The average molecular weight is 411 g/mol. The summed E-state index contributed by atoms with van der Waals surface area (Å²) >= 11 is 3.46. The van der Waals surface area contributed by atoms with Crippen LogP contribution in [0.4, 0.5) is 0 Å². The van der Waals surface area contributed by atoms with Crippen LogP contribution in [0.3, 0.4) is 0 Å². The first-order chi connectivity index (χ1) is 12.2. The lowest BCUT2D eigenvalue weighted by Gasteiger charge is -2.09. The Balaban J connectivity index is 1.91. The van der Waals surface area contributed by atoms with Crippen LogP contribution >= 0.6 is 15.9 Å². The highest BCUT2D eigenvalue weighted by Crippen LogP contribution is 2.17. The molecule has 0 N–H and O–H groups in total. The number of hydrogen-bond acceptors (Lipinski definition) is 2. The summed E-state index contributed by atoms with van der Waals surface area (Å²) in [7, 11) is 0. The molecule has 3 heteroatoms. The number of alkyl halides is 1. The zero-order valence-electron chi connectivity index (χ0n) is 15.9. The molecule has 0 aliphatic rings. The lowest BCUT2D eigenvalue weighted by atomic mass is 10.0. The summed E-state index contributed by atoms with van der Waals surface area (Å²) in [5.74, 6) is 0.431. The van der Waals surface area contributed by atoms with E-state index in [1.807, 2.05) is 18.2 Å². The van der Waals surface area contributed by atoms with Crippen molar-refractivity contribution in [3.05, 3.63) is 30.3 Å². The molecule has 0 heterocycles. The Labute approximate surface area is 162 Å². The Morgan fingerprint density at radius 2 is 1.32 bits per heavy atom. The summed E-state index contributed by atoms with van der Waals surface area (Å²) in [6.07, 6.45) is 16.9. The van der Waals surface area contributed by atoms with E-state index in [0.717, 1.165) is 12.8 Å². The summed E-state index contributed by atoms with van der Waals surface area (Å²) < 4.78 is 5.35. The van der Waals surface area contributed by atoms with Gasteiger partial charge in [-0.05, 0) is 18.6 Å². The molecule has 1 aromatic carbocycles. The largest absolute Gasteiger partial charge is 0.426 e. The molecule has 1 atom stereocenters. The SMILES string of the molecule is CCCCCCCCCCCCCCC(Br)C(=O)Oc1ccccc1.